The number of aromatic nitrogens is 2. The van der Waals surface area contributed by atoms with E-state index in [2.05, 4.69) is 27.2 Å². The molecule has 10 heteroatoms. The summed E-state index contributed by atoms with van der Waals surface area (Å²) in [6.45, 7) is 3.57. The Labute approximate surface area is 156 Å². The van der Waals surface area contributed by atoms with Crippen LogP contribution in [-0.4, -0.2) is 27.5 Å². The van der Waals surface area contributed by atoms with E-state index in [0.29, 0.717) is 5.75 Å². The Hall–Kier alpha value is -3.01. The maximum atomic E-state index is 13.8. The first-order chi connectivity index (χ1) is 12.9. The summed E-state index contributed by atoms with van der Waals surface area (Å²) in [4.78, 5) is 43.6. The second-order valence-corrected chi connectivity index (χ2v) is 6.66. The highest BCUT2D eigenvalue weighted by molar-refractivity contribution is 7.99. The number of amides is 2. The lowest BCUT2D eigenvalue weighted by Gasteiger charge is -2.23. The van der Waals surface area contributed by atoms with Crippen molar-refractivity contribution in [2.75, 3.05) is 16.4 Å². The number of halogens is 2. The van der Waals surface area contributed by atoms with E-state index in [4.69, 9.17) is 0 Å². The summed E-state index contributed by atoms with van der Waals surface area (Å²) in [5.41, 5.74) is -1.01. The van der Waals surface area contributed by atoms with Gasteiger partial charge in [0.05, 0.1) is 17.2 Å². The molecule has 0 radical (unpaired) electrons. The van der Waals surface area contributed by atoms with Crippen LogP contribution >= 0.6 is 11.8 Å². The number of fused-ring (bicyclic) bond motifs is 1. The molecule has 7 nitrogen and oxygen atoms in total. The third-order valence-corrected chi connectivity index (χ3v) is 4.64. The molecule has 2 aromatic rings. The lowest BCUT2D eigenvalue weighted by Crippen LogP contribution is -2.36. The van der Waals surface area contributed by atoms with E-state index in [1.807, 2.05) is 0 Å². The van der Waals surface area contributed by atoms with Crippen LogP contribution in [0.15, 0.2) is 40.8 Å². The fraction of sp³-hybridized carbons (Fsp3) is 0.176. The van der Waals surface area contributed by atoms with Crippen LogP contribution in [0.1, 0.15) is 17.9 Å². The molecule has 0 bridgehead atoms. The zero-order chi connectivity index (χ0) is 19.6. The van der Waals surface area contributed by atoms with Gasteiger partial charge >= 0.3 is 0 Å². The monoisotopic (exact) mass is 392 g/mol. The van der Waals surface area contributed by atoms with Crippen molar-refractivity contribution in [2.45, 2.75) is 17.5 Å². The van der Waals surface area contributed by atoms with Crippen molar-refractivity contribution in [3.05, 3.63) is 58.4 Å². The number of rotatable bonds is 5. The van der Waals surface area contributed by atoms with Gasteiger partial charge in [-0.2, -0.15) is 0 Å². The molecule has 1 aromatic heterocycles. The number of aromatic amines is 1. The number of H-pyrrole nitrogens is 1. The summed E-state index contributed by atoms with van der Waals surface area (Å²) >= 11 is 1.20. The smallest absolute Gasteiger partial charge is 0.257 e. The van der Waals surface area contributed by atoms with Crippen LogP contribution < -0.4 is 16.2 Å². The van der Waals surface area contributed by atoms with E-state index in [1.165, 1.54) is 11.8 Å². The fourth-order valence-corrected chi connectivity index (χ4v) is 3.19. The highest BCUT2D eigenvalue weighted by atomic mass is 32.2. The summed E-state index contributed by atoms with van der Waals surface area (Å²) < 4.78 is 27.1. The molecule has 1 aliphatic heterocycles. The van der Waals surface area contributed by atoms with Crippen LogP contribution in [0.25, 0.3) is 0 Å². The van der Waals surface area contributed by atoms with Crippen molar-refractivity contribution < 1.29 is 18.4 Å². The van der Waals surface area contributed by atoms with Gasteiger partial charge in [-0.15, -0.1) is 6.58 Å². The number of nitrogens with zero attached hydrogens (tertiary/aromatic N) is 1. The maximum absolute atomic E-state index is 13.8. The van der Waals surface area contributed by atoms with Gasteiger partial charge in [-0.05, 0) is 12.1 Å². The molecule has 1 unspecified atom stereocenters. The number of hydrogen-bond acceptors (Lipinski definition) is 5. The molecule has 1 aromatic carbocycles. The molecule has 0 saturated carbocycles. The number of carbonyl (C=O) groups excluding carboxylic acids is 2. The average molecular weight is 392 g/mol. The molecule has 2 heterocycles. The van der Waals surface area contributed by atoms with Gasteiger partial charge in [-0.1, -0.05) is 17.8 Å². The van der Waals surface area contributed by atoms with Gasteiger partial charge in [0.15, 0.2) is 5.16 Å². The Balaban J connectivity index is 1.94. The number of nitrogens with one attached hydrogen (secondary N) is 3. The van der Waals surface area contributed by atoms with E-state index in [9.17, 15) is 23.2 Å². The summed E-state index contributed by atoms with van der Waals surface area (Å²) in [6.07, 6.45) is 1.30. The zero-order valence-corrected chi connectivity index (χ0v) is 14.7. The Morgan fingerprint density at radius 1 is 1.41 bits per heavy atom. The highest BCUT2D eigenvalue weighted by Gasteiger charge is 2.35. The minimum atomic E-state index is -1.19. The molecule has 2 amide bonds. The van der Waals surface area contributed by atoms with Crippen LogP contribution in [0.4, 0.5) is 20.3 Å². The third-order valence-electron chi connectivity index (χ3n) is 3.77. The van der Waals surface area contributed by atoms with Crippen LogP contribution in [-0.2, 0) is 9.59 Å². The first kappa shape index (κ1) is 18.8. The molecule has 27 heavy (non-hydrogen) atoms. The molecule has 3 N–H and O–H groups in total. The van der Waals surface area contributed by atoms with Gasteiger partial charge < -0.3 is 15.6 Å². The van der Waals surface area contributed by atoms with Crippen LogP contribution in [0.2, 0.25) is 0 Å². The molecule has 0 aliphatic carbocycles. The van der Waals surface area contributed by atoms with E-state index in [0.717, 1.165) is 18.2 Å². The zero-order valence-electron chi connectivity index (χ0n) is 13.8. The third kappa shape index (κ3) is 4.05. The van der Waals surface area contributed by atoms with Gasteiger partial charge in [0.25, 0.3) is 5.56 Å². The largest absolute Gasteiger partial charge is 0.323 e. The Bertz CT molecular complexity index is 993. The molecule has 0 saturated heterocycles. The average Bonchev–Trinajstić information content (AvgIpc) is 2.61. The predicted octanol–water partition coefficient (Wildman–Crippen LogP) is 2.39. The fourth-order valence-electron chi connectivity index (χ4n) is 2.59. The summed E-state index contributed by atoms with van der Waals surface area (Å²) in [5.74, 6) is -3.63. The summed E-state index contributed by atoms with van der Waals surface area (Å²) in [7, 11) is 0. The van der Waals surface area contributed by atoms with E-state index in [1.54, 1.807) is 6.08 Å². The molecular formula is C17H14F2N4O3S. The number of carbonyl (C=O) groups is 2. The molecule has 3 rings (SSSR count). The second kappa shape index (κ2) is 7.70. The van der Waals surface area contributed by atoms with Crippen molar-refractivity contribution in [1.29, 1.82) is 0 Å². The Morgan fingerprint density at radius 3 is 2.93 bits per heavy atom. The molecular weight excluding hydrogens is 378 g/mol. The normalized spacial score (nSPS) is 15.6. The summed E-state index contributed by atoms with van der Waals surface area (Å²) in [6, 6.07) is 2.59. The van der Waals surface area contributed by atoms with Crippen LogP contribution in [0, 0.1) is 11.6 Å². The van der Waals surface area contributed by atoms with Gasteiger partial charge in [0.1, 0.15) is 17.5 Å². The first-order valence-electron chi connectivity index (χ1n) is 7.82. The maximum Gasteiger partial charge on any atom is 0.257 e. The number of anilines is 2. The van der Waals surface area contributed by atoms with Gasteiger partial charge in [-0.25, -0.2) is 13.8 Å². The SMILES string of the molecule is C=CCSc1nc2c(c(=O)[nH]1)C(C(=O)Nc1cc(F)ccc1F)CC(=O)N2. The van der Waals surface area contributed by atoms with Crippen molar-refractivity contribution >= 4 is 35.1 Å². The van der Waals surface area contributed by atoms with Crippen molar-refractivity contribution in [1.82, 2.24) is 9.97 Å². The number of benzene rings is 1. The van der Waals surface area contributed by atoms with E-state index < -0.39 is 34.9 Å². The van der Waals surface area contributed by atoms with Crippen molar-refractivity contribution in [3.63, 3.8) is 0 Å². The minimum Gasteiger partial charge on any atom is -0.323 e. The predicted molar refractivity (Wildman–Crippen MR) is 96.8 cm³/mol. The molecule has 0 spiro atoms. The van der Waals surface area contributed by atoms with E-state index in [-0.39, 0.29) is 28.6 Å². The highest BCUT2D eigenvalue weighted by Crippen LogP contribution is 2.30. The van der Waals surface area contributed by atoms with Gasteiger partial charge in [0, 0.05) is 18.2 Å². The second-order valence-electron chi connectivity index (χ2n) is 5.65. The lowest BCUT2D eigenvalue weighted by atomic mass is 9.92. The summed E-state index contributed by atoms with van der Waals surface area (Å²) in [5, 5.41) is 4.95. The van der Waals surface area contributed by atoms with Gasteiger partial charge in [0.2, 0.25) is 11.8 Å². The Kier molecular flexibility index (Phi) is 5.36. The number of hydrogen-bond donors (Lipinski definition) is 3. The quantitative estimate of drug-likeness (QED) is 0.412. The van der Waals surface area contributed by atoms with Crippen molar-refractivity contribution in [2.24, 2.45) is 0 Å². The standard InChI is InChI=1S/C17H14F2N4O3S/c1-2-5-27-17-22-14-13(16(26)23-17)9(7-12(24)21-14)15(25)20-11-6-8(18)3-4-10(11)19/h2-4,6,9H,1,5,7H2,(H,20,25)(H2,21,22,23,24,26). The first-order valence-corrected chi connectivity index (χ1v) is 8.81. The van der Waals surface area contributed by atoms with Gasteiger partial charge in [-0.3, -0.25) is 14.4 Å². The van der Waals surface area contributed by atoms with Crippen molar-refractivity contribution in [3.8, 4) is 0 Å². The molecule has 140 valence electrons. The minimum absolute atomic E-state index is 0.0265. The molecule has 1 atom stereocenters. The van der Waals surface area contributed by atoms with Crippen LogP contribution in [0.3, 0.4) is 0 Å². The molecule has 0 fully saturated rings. The Morgan fingerprint density at radius 2 is 2.19 bits per heavy atom. The topological polar surface area (TPSA) is 104 Å². The number of thioether (sulfide) groups is 1. The van der Waals surface area contributed by atoms with Crippen LogP contribution in [0.5, 0.6) is 0 Å². The lowest BCUT2D eigenvalue weighted by molar-refractivity contribution is -0.123. The van der Waals surface area contributed by atoms with E-state index >= 15 is 0 Å². The molecule has 1 aliphatic rings.